The Hall–Kier alpha value is -0.660. The van der Waals surface area contributed by atoms with Crippen molar-refractivity contribution in [2.75, 3.05) is 38.8 Å². The molecule has 2 heterocycles. The monoisotopic (exact) mass is 291 g/mol. The first-order chi connectivity index (χ1) is 8.84. The number of likely N-dealkylation sites (tertiary alicyclic amines) is 1. The van der Waals surface area contributed by atoms with Crippen molar-refractivity contribution < 1.29 is 22.7 Å². The molecular weight excluding hydrogens is 270 g/mol. The number of carbonyl (C=O) groups excluding carboxylic acids is 1. The standard InChI is InChI=1S/C12H21NO5S/c1-17-10-7-12(18-8-10)3-5-13(6-4-12)11(14)9-19(2,15)16/h10H,3-9H2,1-2H3/t10-/m0/s1. The number of nitrogens with zero attached hydrogens (tertiary/aromatic N) is 1. The minimum atomic E-state index is -3.26. The number of methoxy groups -OCH3 is 1. The molecule has 2 fully saturated rings. The Kier molecular flexibility index (Phi) is 4.17. The molecule has 19 heavy (non-hydrogen) atoms. The highest BCUT2D eigenvalue weighted by atomic mass is 32.2. The van der Waals surface area contributed by atoms with Crippen LogP contribution in [0.15, 0.2) is 0 Å². The van der Waals surface area contributed by atoms with E-state index in [1.165, 1.54) is 0 Å². The Labute approximate surface area is 114 Å². The quantitative estimate of drug-likeness (QED) is 0.722. The third kappa shape index (κ3) is 3.67. The van der Waals surface area contributed by atoms with Gasteiger partial charge in [-0.05, 0) is 12.8 Å². The predicted molar refractivity (Wildman–Crippen MR) is 69.6 cm³/mol. The summed E-state index contributed by atoms with van der Waals surface area (Å²) in [6, 6.07) is 0. The van der Waals surface area contributed by atoms with E-state index >= 15 is 0 Å². The van der Waals surface area contributed by atoms with E-state index in [0.29, 0.717) is 19.7 Å². The van der Waals surface area contributed by atoms with Crippen molar-refractivity contribution in [3.8, 4) is 0 Å². The molecule has 0 aromatic rings. The molecule has 2 rings (SSSR count). The minimum absolute atomic E-state index is 0.137. The molecule has 2 aliphatic heterocycles. The Morgan fingerprint density at radius 1 is 1.42 bits per heavy atom. The van der Waals surface area contributed by atoms with Gasteiger partial charge in [-0.15, -0.1) is 0 Å². The zero-order chi connectivity index (χ0) is 14.1. The number of carbonyl (C=O) groups is 1. The Balaban J connectivity index is 1.88. The van der Waals surface area contributed by atoms with Crippen molar-refractivity contribution in [1.29, 1.82) is 0 Å². The van der Waals surface area contributed by atoms with Gasteiger partial charge >= 0.3 is 0 Å². The highest BCUT2D eigenvalue weighted by Crippen LogP contribution is 2.36. The number of sulfone groups is 1. The van der Waals surface area contributed by atoms with Gasteiger partial charge in [0.15, 0.2) is 9.84 Å². The van der Waals surface area contributed by atoms with E-state index < -0.39 is 15.6 Å². The Bertz CT molecular complexity index is 439. The van der Waals surface area contributed by atoms with Gasteiger partial charge in [-0.3, -0.25) is 4.79 Å². The van der Waals surface area contributed by atoms with Crippen molar-refractivity contribution in [1.82, 2.24) is 4.90 Å². The number of hydrogen-bond acceptors (Lipinski definition) is 5. The van der Waals surface area contributed by atoms with Gasteiger partial charge in [-0.2, -0.15) is 0 Å². The second-order valence-electron chi connectivity index (χ2n) is 5.51. The summed E-state index contributed by atoms with van der Waals surface area (Å²) in [7, 11) is -1.58. The lowest BCUT2D eigenvalue weighted by atomic mass is 9.88. The lowest BCUT2D eigenvalue weighted by molar-refractivity contribution is -0.133. The third-order valence-corrected chi connectivity index (χ3v) is 4.69. The lowest BCUT2D eigenvalue weighted by Gasteiger charge is -2.38. The summed E-state index contributed by atoms with van der Waals surface area (Å²) in [5, 5.41) is 0. The molecule has 2 saturated heterocycles. The first kappa shape index (κ1) is 14.7. The van der Waals surface area contributed by atoms with Crippen LogP contribution in [0.1, 0.15) is 19.3 Å². The third-order valence-electron chi connectivity index (χ3n) is 3.92. The second-order valence-corrected chi connectivity index (χ2v) is 7.65. The number of ether oxygens (including phenoxy) is 2. The average Bonchev–Trinajstić information content (AvgIpc) is 2.71. The fourth-order valence-corrected chi connectivity index (χ4v) is 3.41. The van der Waals surface area contributed by atoms with Crippen LogP contribution in [0, 0.1) is 0 Å². The fraction of sp³-hybridized carbons (Fsp3) is 0.917. The predicted octanol–water partition coefficient (Wildman–Crippen LogP) is -0.172. The average molecular weight is 291 g/mol. The molecule has 0 aromatic heterocycles. The van der Waals surface area contributed by atoms with Gasteiger partial charge in [0.25, 0.3) is 0 Å². The number of amides is 1. The van der Waals surface area contributed by atoms with Crippen LogP contribution in [0.2, 0.25) is 0 Å². The molecule has 0 radical (unpaired) electrons. The summed E-state index contributed by atoms with van der Waals surface area (Å²) in [6.45, 7) is 1.73. The minimum Gasteiger partial charge on any atom is -0.379 e. The topological polar surface area (TPSA) is 72.9 Å². The smallest absolute Gasteiger partial charge is 0.237 e. The molecule has 2 aliphatic rings. The van der Waals surface area contributed by atoms with E-state index in [-0.39, 0.29) is 17.6 Å². The van der Waals surface area contributed by atoms with Gasteiger partial charge in [0.2, 0.25) is 5.91 Å². The van der Waals surface area contributed by atoms with Gasteiger partial charge in [0.1, 0.15) is 5.75 Å². The van der Waals surface area contributed by atoms with Gasteiger partial charge < -0.3 is 14.4 Å². The van der Waals surface area contributed by atoms with Crippen molar-refractivity contribution in [3.05, 3.63) is 0 Å². The molecule has 0 bridgehead atoms. The van der Waals surface area contributed by atoms with E-state index in [1.54, 1.807) is 12.0 Å². The molecule has 6 nitrogen and oxygen atoms in total. The number of piperidine rings is 1. The maximum Gasteiger partial charge on any atom is 0.237 e. The van der Waals surface area contributed by atoms with Crippen LogP contribution in [0.5, 0.6) is 0 Å². The molecule has 7 heteroatoms. The van der Waals surface area contributed by atoms with E-state index in [2.05, 4.69) is 0 Å². The van der Waals surface area contributed by atoms with Crippen molar-refractivity contribution in [3.63, 3.8) is 0 Å². The summed E-state index contributed by atoms with van der Waals surface area (Å²) in [4.78, 5) is 13.4. The number of hydrogen-bond donors (Lipinski definition) is 0. The molecule has 0 unspecified atom stereocenters. The molecule has 0 N–H and O–H groups in total. The molecule has 0 saturated carbocycles. The SMILES string of the molecule is CO[C@@H]1COC2(CCN(C(=O)CS(C)(=O)=O)CC2)C1. The normalized spacial score (nSPS) is 26.8. The van der Waals surface area contributed by atoms with Crippen LogP contribution in [0.3, 0.4) is 0 Å². The fourth-order valence-electron chi connectivity index (χ4n) is 2.78. The summed E-state index contributed by atoms with van der Waals surface area (Å²) in [5.74, 6) is -0.708. The number of rotatable bonds is 3. The van der Waals surface area contributed by atoms with Gasteiger partial charge in [-0.1, -0.05) is 0 Å². The zero-order valence-corrected chi connectivity index (χ0v) is 12.2. The highest BCUT2D eigenvalue weighted by molar-refractivity contribution is 7.91. The van der Waals surface area contributed by atoms with Gasteiger partial charge in [0, 0.05) is 32.9 Å². The molecule has 1 atom stereocenters. The van der Waals surface area contributed by atoms with E-state index in [1.807, 2.05) is 0 Å². The molecule has 110 valence electrons. The summed E-state index contributed by atoms with van der Waals surface area (Å²) < 4.78 is 33.4. The van der Waals surface area contributed by atoms with Crippen molar-refractivity contribution >= 4 is 15.7 Å². The van der Waals surface area contributed by atoms with Crippen LogP contribution >= 0.6 is 0 Å². The van der Waals surface area contributed by atoms with E-state index in [9.17, 15) is 13.2 Å². The Morgan fingerprint density at radius 3 is 2.53 bits per heavy atom. The summed E-state index contributed by atoms with van der Waals surface area (Å²) in [6.07, 6.45) is 3.58. The van der Waals surface area contributed by atoms with Crippen LogP contribution in [-0.2, 0) is 24.1 Å². The second kappa shape index (κ2) is 5.38. The largest absolute Gasteiger partial charge is 0.379 e. The molecular formula is C12H21NO5S. The highest BCUT2D eigenvalue weighted by Gasteiger charge is 2.43. The summed E-state index contributed by atoms with van der Waals surface area (Å²) >= 11 is 0. The first-order valence-electron chi connectivity index (χ1n) is 6.46. The molecule has 1 spiro atoms. The molecule has 1 amide bonds. The Morgan fingerprint density at radius 2 is 2.05 bits per heavy atom. The van der Waals surface area contributed by atoms with E-state index in [4.69, 9.17) is 9.47 Å². The van der Waals surface area contributed by atoms with Gasteiger partial charge in [0.05, 0.1) is 18.3 Å². The van der Waals surface area contributed by atoms with Crippen molar-refractivity contribution in [2.24, 2.45) is 0 Å². The zero-order valence-electron chi connectivity index (χ0n) is 11.4. The van der Waals surface area contributed by atoms with Crippen LogP contribution in [-0.4, -0.2) is 69.7 Å². The summed E-state index contributed by atoms with van der Waals surface area (Å²) in [5.41, 5.74) is -0.178. The first-order valence-corrected chi connectivity index (χ1v) is 8.52. The van der Waals surface area contributed by atoms with Crippen LogP contribution in [0.4, 0.5) is 0 Å². The van der Waals surface area contributed by atoms with E-state index in [0.717, 1.165) is 25.5 Å². The van der Waals surface area contributed by atoms with Crippen molar-refractivity contribution in [2.45, 2.75) is 31.0 Å². The molecule has 0 aromatic carbocycles. The van der Waals surface area contributed by atoms with Crippen LogP contribution in [0.25, 0.3) is 0 Å². The van der Waals surface area contributed by atoms with Crippen LogP contribution < -0.4 is 0 Å². The van der Waals surface area contributed by atoms with Gasteiger partial charge in [-0.25, -0.2) is 8.42 Å². The molecule has 0 aliphatic carbocycles. The maximum absolute atomic E-state index is 11.8. The maximum atomic E-state index is 11.8. The lowest BCUT2D eigenvalue weighted by Crippen LogP contribution is -2.48.